The SMILES string of the molecule is CC(=O)N1CCCC(c2nc(Cc3cccc(F)c3)no2)C1. The molecular weight excluding hydrogens is 285 g/mol. The van der Waals surface area contributed by atoms with E-state index in [2.05, 4.69) is 10.1 Å². The van der Waals surface area contributed by atoms with Crippen LogP contribution in [0.5, 0.6) is 0 Å². The molecule has 0 saturated carbocycles. The minimum absolute atomic E-state index is 0.0733. The summed E-state index contributed by atoms with van der Waals surface area (Å²) < 4.78 is 18.5. The fourth-order valence-electron chi connectivity index (χ4n) is 2.80. The van der Waals surface area contributed by atoms with E-state index in [1.165, 1.54) is 12.1 Å². The van der Waals surface area contributed by atoms with Crippen LogP contribution in [0.2, 0.25) is 0 Å². The summed E-state index contributed by atoms with van der Waals surface area (Å²) in [6, 6.07) is 6.37. The van der Waals surface area contributed by atoms with Crippen molar-refractivity contribution in [3.8, 4) is 0 Å². The lowest BCUT2D eigenvalue weighted by Crippen LogP contribution is -2.37. The zero-order valence-electron chi connectivity index (χ0n) is 12.5. The van der Waals surface area contributed by atoms with Crippen LogP contribution in [0.1, 0.15) is 43.0 Å². The van der Waals surface area contributed by atoms with E-state index in [-0.39, 0.29) is 17.6 Å². The topological polar surface area (TPSA) is 59.2 Å². The Morgan fingerprint density at radius 1 is 1.50 bits per heavy atom. The molecule has 1 aromatic heterocycles. The van der Waals surface area contributed by atoms with Gasteiger partial charge in [-0.25, -0.2) is 4.39 Å². The molecule has 0 N–H and O–H groups in total. The molecule has 0 bridgehead atoms. The maximum absolute atomic E-state index is 13.2. The van der Waals surface area contributed by atoms with Crippen molar-refractivity contribution in [2.24, 2.45) is 0 Å². The molecule has 2 aromatic rings. The molecule has 1 aliphatic rings. The molecule has 116 valence electrons. The lowest BCUT2D eigenvalue weighted by molar-refractivity contribution is -0.130. The summed E-state index contributed by atoms with van der Waals surface area (Å²) in [6.07, 6.45) is 2.31. The molecule has 5 nitrogen and oxygen atoms in total. The van der Waals surface area contributed by atoms with E-state index in [9.17, 15) is 9.18 Å². The van der Waals surface area contributed by atoms with Gasteiger partial charge in [0.2, 0.25) is 11.8 Å². The first-order valence-electron chi connectivity index (χ1n) is 7.44. The van der Waals surface area contributed by atoms with E-state index in [4.69, 9.17) is 4.52 Å². The van der Waals surface area contributed by atoms with Crippen LogP contribution < -0.4 is 0 Å². The number of rotatable bonds is 3. The number of halogens is 1. The fraction of sp³-hybridized carbons (Fsp3) is 0.438. The summed E-state index contributed by atoms with van der Waals surface area (Å²) in [5.41, 5.74) is 0.807. The third-order valence-corrected chi connectivity index (χ3v) is 3.95. The number of carbonyl (C=O) groups is 1. The third-order valence-electron chi connectivity index (χ3n) is 3.95. The van der Waals surface area contributed by atoms with Crippen LogP contribution in [-0.2, 0) is 11.2 Å². The van der Waals surface area contributed by atoms with E-state index in [1.54, 1.807) is 13.0 Å². The summed E-state index contributed by atoms with van der Waals surface area (Å²) in [4.78, 5) is 17.7. The molecule has 1 saturated heterocycles. The Morgan fingerprint density at radius 3 is 3.14 bits per heavy atom. The molecule has 1 atom stereocenters. The zero-order valence-corrected chi connectivity index (χ0v) is 12.5. The molecule has 1 aromatic carbocycles. The van der Waals surface area contributed by atoms with Crippen LogP contribution in [-0.4, -0.2) is 34.0 Å². The largest absolute Gasteiger partial charge is 0.342 e. The Kier molecular flexibility index (Phi) is 4.18. The molecule has 2 heterocycles. The molecule has 1 aliphatic heterocycles. The predicted octanol–water partition coefficient (Wildman–Crippen LogP) is 2.53. The number of likely N-dealkylation sites (tertiary alicyclic amines) is 1. The zero-order chi connectivity index (χ0) is 15.5. The van der Waals surface area contributed by atoms with Crippen LogP contribution >= 0.6 is 0 Å². The van der Waals surface area contributed by atoms with Gasteiger partial charge in [0, 0.05) is 26.4 Å². The smallest absolute Gasteiger partial charge is 0.231 e. The van der Waals surface area contributed by atoms with Crippen LogP contribution in [0.4, 0.5) is 4.39 Å². The predicted molar refractivity (Wildman–Crippen MR) is 77.7 cm³/mol. The Morgan fingerprint density at radius 2 is 2.36 bits per heavy atom. The maximum atomic E-state index is 13.2. The van der Waals surface area contributed by atoms with E-state index in [0.29, 0.717) is 24.7 Å². The number of nitrogens with zero attached hydrogens (tertiary/aromatic N) is 3. The number of hydrogen-bond donors (Lipinski definition) is 0. The van der Waals surface area contributed by atoms with Gasteiger partial charge in [-0.2, -0.15) is 4.98 Å². The minimum Gasteiger partial charge on any atom is -0.342 e. The van der Waals surface area contributed by atoms with Crippen LogP contribution in [0.3, 0.4) is 0 Å². The van der Waals surface area contributed by atoms with E-state index in [0.717, 1.165) is 24.9 Å². The van der Waals surface area contributed by atoms with Gasteiger partial charge in [0.1, 0.15) is 5.82 Å². The number of aromatic nitrogens is 2. The van der Waals surface area contributed by atoms with Crippen molar-refractivity contribution in [1.29, 1.82) is 0 Å². The lowest BCUT2D eigenvalue weighted by atomic mass is 9.98. The van der Waals surface area contributed by atoms with Gasteiger partial charge in [-0.3, -0.25) is 4.79 Å². The van der Waals surface area contributed by atoms with Gasteiger partial charge in [0.25, 0.3) is 0 Å². The normalized spacial score (nSPS) is 18.5. The highest BCUT2D eigenvalue weighted by molar-refractivity contribution is 5.73. The van der Waals surface area contributed by atoms with Gasteiger partial charge in [-0.05, 0) is 30.5 Å². The molecule has 1 unspecified atom stereocenters. The minimum atomic E-state index is -0.273. The van der Waals surface area contributed by atoms with Crippen molar-refractivity contribution < 1.29 is 13.7 Å². The molecule has 0 spiro atoms. The van der Waals surface area contributed by atoms with Gasteiger partial charge in [0.15, 0.2) is 5.82 Å². The van der Waals surface area contributed by atoms with Crippen molar-refractivity contribution in [2.75, 3.05) is 13.1 Å². The van der Waals surface area contributed by atoms with E-state index >= 15 is 0 Å². The Labute approximate surface area is 128 Å². The summed E-state index contributed by atoms with van der Waals surface area (Å²) >= 11 is 0. The Bertz CT molecular complexity index is 671. The first kappa shape index (κ1) is 14.7. The number of benzene rings is 1. The van der Waals surface area contributed by atoms with Crippen molar-refractivity contribution >= 4 is 5.91 Å². The van der Waals surface area contributed by atoms with Gasteiger partial charge >= 0.3 is 0 Å². The Hall–Kier alpha value is -2.24. The quantitative estimate of drug-likeness (QED) is 0.874. The van der Waals surface area contributed by atoms with Crippen molar-refractivity contribution in [3.63, 3.8) is 0 Å². The number of piperidine rings is 1. The molecule has 22 heavy (non-hydrogen) atoms. The molecule has 1 amide bonds. The Balaban J connectivity index is 1.69. The van der Waals surface area contributed by atoms with Gasteiger partial charge in [0.05, 0.1) is 5.92 Å². The van der Waals surface area contributed by atoms with Crippen LogP contribution in [0.25, 0.3) is 0 Å². The van der Waals surface area contributed by atoms with Crippen molar-refractivity contribution in [3.05, 3.63) is 47.4 Å². The molecule has 0 aliphatic carbocycles. The van der Waals surface area contributed by atoms with Crippen molar-refractivity contribution in [1.82, 2.24) is 15.0 Å². The van der Waals surface area contributed by atoms with Crippen molar-refractivity contribution in [2.45, 2.75) is 32.1 Å². The monoisotopic (exact) mass is 303 g/mol. The average Bonchev–Trinajstić information content (AvgIpc) is 2.96. The summed E-state index contributed by atoms with van der Waals surface area (Å²) in [5, 5.41) is 3.97. The molecule has 0 radical (unpaired) electrons. The van der Waals surface area contributed by atoms with Crippen LogP contribution in [0, 0.1) is 5.82 Å². The van der Waals surface area contributed by atoms with Crippen LogP contribution in [0.15, 0.2) is 28.8 Å². The standard InChI is InChI=1S/C16H18FN3O2/c1-11(21)20-7-3-5-13(10-20)16-18-15(19-22-16)9-12-4-2-6-14(17)8-12/h2,4,6,8,13H,3,5,7,9-10H2,1H3. The number of carbonyl (C=O) groups excluding carboxylic acids is 1. The molecule has 6 heteroatoms. The molecule has 1 fully saturated rings. The summed E-state index contributed by atoms with van der Waals surface area (Å²) in [6.45, 7) is 2.98. The lowest BCUT2D eigenvalue weighted by Gasteiger charge is -2.29. The highest BCUT2D eigenvalue weighted by Gasteiger charge is 2.27. The van der Waals surface area contributed by atoms with E-state index in [1.807, 2.05) is 11.0 Å². The fourth-order valence-corrected chi connectivity index (χ4v) is 2.80. The molecular formula is C16H18FN3O2. The van der Waals surface area contributed by atoms with E-state index < -0.39 is 0 Å². The highest BCUT2D eigenvalue weighted by Crippen LogP contribution is 2.26. The van der Waals surface area contributed by atoms with Gasteiger partial charge in [-0.15, -0.1) is 0 Å². The number of hydrogen-bond acceptors (Lipinski definition) is 4. The first-order valence-corrected chi connectivity index (χ1v) is 7.44. The second kappa shape index (κ2) is 6.25. The average molecular weight is 303 g/mol. The molecule has 3 rings (SSSR count). The number of amides is 1. The second-order valence-electron chi connectivity index (χ2n) is 5.66. The first-order chi connectivity index (χ1) is 10.6. The third kappa shape index (κ3) is 3.32. The second-order valence-corrected chi connectivity index (χ2v) is 5.66. The van der Waals surface area contributed by atoms with Gasteiger partial charge < -0.3 is 9.42 Å². The maximum Gasteiger partial charge on any atom is 0.231 e. The summed E-state index contributed by atoms with van der Waals surface area (Å²) in [5.74, 6) is 0.999. The highest BCUT2D eigenvalue weighted by atomic mass is 19.1. The van der Waals surface area contributed by atoms with Gasteiger partial charge in [-0.1, -0.05) is 17.3 Å². The summed E-state index contributed by atoms with van der Waals surface area (Å²) in [7, 11) is 0.